The number of hydrogen-bond donors (Lipinski definition) is 2. The molecule has 1 heterocycles. The molecule has 1 saturated heterocycles. The Balaban J connectivity index is 1.91. The Bertz CT molecular complexity index is 462. The minimum atomic E-state index is -0.269. The molecule has 0 aliphatic carbocycles. The van der Waals surface area contributed by atoms with Crippen molar-refractivity contribution in [2.45, 2.75) is 12.1 Å². The summed E-state index contributed by atoms with van der Waals surface area (Å²) in [4.78, 5) is 11.7. The van der Waals surface area contributed by atoms with Crippen molar-refractivity contribution < 1.29 is 9.53 Å². The molecule has 0 bridgehead atoms. The predicted molar refractivity (Wildman–Crippen MR) is 68.9 cm³/mol. The van der Waals surface area contributed by atoms with Crippen LogP contribution in [0.25, 0.3) is 0 Å². The Morgan fingerprint density at radius 3 is 2.89 bits per heavy atom. The molecule has 18 heavy (non-hydrogen) atoms. The van der Waals surface area contributed by atoms with Crippen LogP contribution in [0.4, 0.5) is 0 Å². The van der Waals surface area contributed by atoms with Crippen LogP contribution in [0.15, 0.2) is 30.3 Å². The van der Waals surface area contributed by atoms with E-state index in [0.29, 0.717) is 0 Å². The first-order valence-corrected chi connectivity index (χ1v) is 5.90. The second-order valence-electron chi connectivity index (χ2n) is 4.13. The normalized spacial score (nSPS) is 22.1. The molecule has 1 unspecified atom stereocenters. The zero-order valence-electron chi connectivity index (χ0n) is 10.3. The lowest BCUT2D eigenvalue weighted by atomic mass is 10.2. The summed E-state index contributed by atoms with van der Waals surface area (Å²) in [7, 11) is 1.65. The Labute approximate surface area is 107 Å². The molecule has 0 aromatic heterocycles. The highest BCUT2D eigenvalue weighted by Gasteiger charge is 2.27. The summed E-state index contributed by atoms with van der Waals surface area (Å²) in [6.45, 7) is 1.48. The van der Waals surface area contributed by atoms with E-state index in [9.17, 15) is 4.79 Å². The van der Waals surface area contributed by atoms with Crippen molar-refractivity contribution in [2.75, 3.05) is 20.2 Å². The summed E-state index contributed by atoms with van der Waals surface area (Å²) in [5, 5.41) is 6.01. The Morgan fingerprint density at radius 2 is 2.17 bits per heavy atom. The summed E-state index contributed by atoms with van der Waals surface area (Å²) in [6, 6.07) is 9.43. The Kier molecular flexibility index (Phi) is 4.35. The number of rotatable bonds is 2. The van der Waals surface area contributed by atoms with Gasteiger partial charge in [0.2, 0.25) is 0 Å². The van der Waals surface area contributed by atoms with Gasteiger partial charge < -0.3 is 15.4 Å². The van der Waals surface area contributed by atoms with Crippen molar-refractivity contribution in [3.63, 3.8) is 0 Å². The van der Waals surface area contributed by atoms with Gasteiger partial charge >= 0.3 is 0 Å². The number of benzene rings is 1. The summed E-state index contributed by atoms with van der Waals surface area (Å²) in [6.07, 6.45) is 0.0208. The van der Waals surface area contributed by atoms with Crippen molar-refractivity contribution in [1.82, 2.24) is 10.6 Å². The van der Waals surface area contributed by atoms with Gasteiger partial charge in [-0.05, 0) is 12.1 Å². The lowest BCUT2D eigenvalue weighted by Gasteiger charge is -2.16. The molecular formula is C14H16N2O2. The van der Waals surface area contributed by atoms with E-state index in [1.54, 1.807) is 7.11 Å². The van der Waals surface area contributed by atoms with Crippen LogP contribution in [0.1, 0.15) is 5.56 Å². The molecule has 1 aromatic carbocycles. The van der Waals surface area contributed by atoms with Gasteiger partial charge in [-0.3, -0.25) is 4.79 Å². The molecule has 1 aromatic rings. The average molecular weight is 244 g/mol. The fourth-order valence-electron chi connectivity index (χ4n) is 1.90. The van der Waals surface area contributed by atoms with Gasteiger partial charge in [0.25, 0.3) is 5.91 Å². The van der Waals surface area contributed by atoms with Crippen LogP contribution in [0, 0.1) is 11.8 Å². The maximum absolute atomic E-state index is 11.7. The standard InChI is InChI=1S/C14H16N2O2/c1-18-13-10-15-9-12(13)16-14(17)8-7-11-5-3-2-4-6-11/h2-6,12-13,15H,9-10H2,1H3,(H,16,17)/t12?,13-/m1/s1. The van der Waals surface area contributed by atoms with Gasteiger partial charge in [-0.15, -0.1) is 0 Å². The molecule has 2 rings (SSSR count). The lowest BCUT2D eigenvalue weighted by Crippen LogP contribution is -2.43. The van der Waals surface area contributed by atoms with Crippen molar-refractivity contribution in [2.24, 2.45) is 0 Å². The summed E-state index contributed by atoms with van der Waals surface area (Å²) < 4.78 is 5.26. The largest absolute Gasteiger partial charge is 0.378 e. The van der Waals surface area contributed by atoms with Gasteiger partial charge in [0, 0.05) is 31.7 Å². The molecule has 1 fully saturated rings. The van der Waals surface area contributed by atoms with E-state index in [1.807, 2.05) is 30.3 Å². The van der Waals surface area contributed by atoms with Crippen LogP contribution in [-0.2, 0) is 9.53 Å². The first-order valence-electron chi connectivity index (χ1n) is 5.90. The van der Waals surface area contributed by atoms with Crippen molar-refractivity contribution in [1.29, 1.82) is 0 Å². The number of hydrogen-bond acceptors (Lipinski definition) is 3. The topological polar surface area (TPSA) is 50.4 Å². The van der Waals surface area contributed by atoms with Crippen LogP contribution >= 0.6 is 0 Å². The molecule has 1 amide bonds. The Hall–Kier alpha value is -1.83. The third-order valence-electron chi connectivity index (χ3n) is 2.87. The molecule has 4 heteroatoms. The van der Waals surface area contributed by atoms with Crippen LogP contribution in [0.2, 0.25) is 0 Å². The van der Waals surface area contributed by atoms with Crippen LogP contribution in [0.5, 0.6) is 0 Å². The summed E-state index contributed by atoms with van der Waals surface area (Å²) >= 11 is 0. The van der Waals surface area contributed by atoms with Gasteiger partial charge in [0.15, 0.2) is 0 Å². The zero-order chi connectivity index (χ0) is 12.8. The highest BCUT2D eigenvalue weighted by Crippen LogP contribution is 2.03. The molecule has 2 N–H and O–H groups in total. The molecule has 1 aliphatic heterocycles. The number of ether oxygens (including phenoxy) is 1. The van der Waals surface area contributed by atoms with Crippen LogP contribution in [-0.4, -0.2) is 38.3 Å². The number of carbonyl (C=O) groups is 1. The van der Waals surface area contributed by atoms with Gasteiger partial charge in [-0.1, -0.05) is 24.1 Å². The van der Waals surface area contributed by atoms with E-state index in [4.69, 9.17) is 4.74 Å². The third-order valence-corrected chi connectivity index (χ3v) is 2.87. The second kappa shape index (κ2) is 6.20. The number of amides is 1. The first-order chi connectivity index (χ1) is 8.79. The summed E-state index contributed by atoms with van der Waals surface area (Å²) in [5.74, 6) is 5.15. The monoisotopic (exact) mass is 244 g/mol. The molecule has 0 radical (unpaired) electrons. The fourth-order valence-corrected chi connectivity index (χ4v) is 1.90. The molecule has 1 aliphatic rings. The highest BCUT2D eigenvalue weighted by atomic mass is 16.5. The van der Waals surface area contributed by atoms with Gasteiger partial charge in [0.05, 0.1) is 12.1 Å². The number of nitrogens with one attached hydrogen (secondary N) is 2. The zero-order valence-corrected chi connectivity index (χ0v) is 10.3. The van der Waals surface area contributed by atoms with Crippen molar-refractivity contribution in [3.8, 4) is 11.8 Å². The van der Waals surface area contributed by atoms with Crippen molar-refractivity contribution in [3.05, 3.63) is 35.9 Å². The van der Waals surface area contributed by atoms with Gasteiger partial charge in [-0.2, -0.15) is 0 Å². The number of methoxy groups -OCH3 is 1. The Morgan fingerprint density at radius 1 is 1.39 bits per heavy atom. The summed E-state index contributed by atoms with van der Waals surface area (Å²) in [5.41, 5.74) is 0.834. The number of carbonyl (C=O) groups excluding carboxylic acids is 1. The molecule has 4 nitrogen and oxygen atoms in total. The lowest BCUT2D eigenvalue weighted by molar-refractivity contribution is -0.116. The fraction of sp³-hybridized carbons (Fsp3) is 0.357. The van der Waals surface area contributed by atoms with E-state index >= 15 is 0 Å². The van der Waals surface area contributed by atoms with E-state index in [-0.39, 0.29) is 18.1 Å². The van der Waals surface area contributed by atoms with Crippen molar-refractivity contribution >= 4 is 5.91 Å². The van der Waals surface area contributed by atoms with E-state index in [1.165, 1.54) is 0 Å². The maximum atomic E-state index is 11.7. The molecule has 0 spiro atoms. The van der Waals surface area contributed by atoms with E-state index in [0.717, 1.165) is 18.7 Å². The minimum Gasteiger partial charge on any atom is -0.378 e. The second-order valence-corrected chi connectivity index (χ2v) is 4.13. The van der Waals surface area contributed by atoms with Gasteiger partial charge in [-0.25, -0.2) is 0 Å². The first kappa shape index (κ1) is 12.6. The van der Waals surface area contributed by atoms with E-state index < -0.39 is 0 Å². The van der Waals surface area contributed by atoms with Crippen LogP contribution in [0.3, 0.4) is 0 Å². The highest BCUT2D eigenvalue weighted by molar-refractivity contribution is 5.94. The molecule has 2 atom stereocenters. The van der Waals surface area contributed by atoms with E-state index in [2.05, 4.69) is 22.5 Å². The molecular weight excluding hydrogens is 228 g/mol. The SMILES string of the molecule is CO[C@@H]1CNCC1NC(=O)C#Cc1ccccc1. The quantitative estimate of drug-likeness (QED) is 0.728. The third kappa shape index (κ3) is 3.33. The smallest absolute Gasteiger partial charge is 0.296 e. The average Bonchev–Trinajstić information content (AvgIpc) is 2.85. The minimum absolute atomic E-state index is 0.00688. The van der Waals surface area contributed by atoms with Crippen LogP contribution < -0.4 is 10.6 Å². The molecule has 0 saturated carbocycles. The maximum Gasteiger partial charge on any atom is 0.296 e. The molecule has 94 valence electrons. The van der Waals surface area contributed by atoms with Gasteiger partial charge in [0.1, 0.15) is 0 Å². The predicted octanol–water partition coefficient (Wildman–Crippen LogP) is 0.141.